The van der Waals surface area contributed by atoms with E-state index < -0.39 is 0 Å². The Hall–Kier alpha value is -1.81. The molecule has 0 aliphatic carbocycles. The summed E-state index contributed by atoms with van der Waals surface area (Å²) in [5.74, 6) is 1.67. The standard InChI is InChI=1S/C14H17NO3/c1-10-8-13(18-15-10)9-14(17-3)11-4-6-12(16-2)7-5-11/h4-8,14H,9H2,1-3H3. The first-order valence-electron chi connectivity index (χ1n) is 5.82. The van der Waals surface area contributed by atoms with E-state index in [2.05, 4.69) is 5.16 Å². The normalized spacial score (nSPS) is 12.4. The average Bonchev–Trinajstić information content (AvgIpc) is 2.82. The second-order valence-electron chi connectivity index (χ2n) is 4.14. The van der Waals surface area contributed by atoms with Crippen LogP contribution in [0.25, 0.3) is 0 Å². The summed E-state index contributed by atoms with van der Waals surface area (Å²) in [5, 5.41) is 3.87. The maximum atomic E-state index is 5.49. The molecule has 1 atom stereocenters. The summed E-state index contributed by atoms with van der Waals surface area (Å²) in [5.41, 5.74) is 1.97. The van der Waals surface area contributed by atoms with E-state index in [-0.39, 0.29) is 6.10 Å². The van der Waals surface area contributed by atoms with Crippen molar-refractivity contribution in [3.63, 3.8) is 0 Å². The molecule has 0 N–H and O–H groups in total. The lowest BCUT2D eigenvalue weighted by Gasteiger charge is -2.14. The van der Waals surface area contributed by atoms with E-state index in [1.807, 2.05) is 37.3 Å². The monoisotopic (exact) mass is 247 g/mol. The molecule has 0 aliphatic heterocycles. The number of nitrogens with zero attached hydrogens (tertiary/aromatic N) is 1. The number of benzene rings is 1. The van der Waals surface area contributed by atoms with E-state index in [0.717, 1.165) is 22.8 Å². The van der Waals surface area contributed by atoms with Gasteiger partial charge in [0, 0.05) is 19.6 Å². The van der Waals surface area contributed by atoms with Crippen LogP contribution in [-0.4, -0.2) is 19.4 Å². The molecule has 0 bridgehead atoms. The van der Waals surface area contributed by atoms with Crippen molar-refractivity contribution >= 4 is 0 Å². The van der Waals surface area contributed by atoms with Crippen LogP contribution >= 0.6 is 0 Å². The van der Waals surface area contributed by atoms with Gasteiger partial charge < -0.3 is 14.0 Å². The minimum Gasteiger partial charge on any atom is -0.497 e. The average molecular weight is 247 g/mol. The summed E-state index contributed by atoms with van der Waals surface area (Å²) in [6.45, 7) is 1.90. The van der Waals surface area contributed by atoms with Crippen LogP contribution in [0.1, 0.15) is 23.1 Å². The molecule has 2 aromatic rings. The van der Waals surface area contributed by atoms with Crippen molar-refractivity contribution in [2.45, 2.75) is 19.4 Å². The zero-order valence-electron chi connectivity index (χ0n) is 10.8. The highest BCUT2D eigenvalue weighted by Crippen LogP contribution is 2.24. The number of rotatable bonds is 5. The first-order chi connectivity index (χ1) is 8.72. The zero-order valence-corrected chi connectivity index (χ0v) is 10.8. The van der Waals surface area contributed by atoms with Crippen molar-refractivity contribution in [3.8, 4) is 5.75 Å². The first kappa shape index (κ1) is 12.6. The van der Waals surface area contributed by atoms with Crippen LogP contribution in [0.2, 0.25) is 0 Å². The third-order valence-corrected chi connectivity index (χ3v) is 2.84. The Morgan fingerprint density at radius 1 is 1.22 bits per heavy atom. The third-order valence-electron chi connectivity index (χ3n) is 2.84. The van der Waals surface area contributed by atoms with Gasteiger partial charge in [-0.15, -0.1) is 0 Å². The zero-order chi connectivity index (χ0) is 13.0. The van der Waals surface area contributed by atoms with Gasteiger partial charge in [-0.1, -0.05) is 17.3 Å². The number of aryl methyl sites for hydroxylation is 1. The quantitative estimate of drug-likeness (QED) is 0.814. The maximum absolute atomic E-state index is 5.49. The van der Waals surface area contributed by atoms with Gasteiger partial charge >= 0.3 is 0 Å². The fourth-order valence-electron chi connectivity index (χ4n) is 1.85. The molecule has 0 aliphatic rings. The summed E-state index contributed by atoms with van der Waals surface area (Å²) in [6, 6.07) is 9.77. The van der Waals surface area contributed by atoms with Crippen LogP contribution in [0.3, 0.4) is 0 Å². The van der Waals surface area contributed by atoms with Crippen LogP contribution in [0.15, 0.2) is 34.9 Å². The van der Waals surface area contributed by atoms with E-state index >= 15 is 0 Å². The molecular formula is C14H17NO3. The van der Waals surface area contributed by atoms with Crippen LogP contribution < -0.4 is 4.74 Å². The Balaban J connectivity index is 2.12. The number of methoxy groups -OCH3 is 2. The van der Waals surface area contributed by atoms with Crippen LogP contribution in [0, 0.1) is 6.92 Å². The summed E-state index contributed by atoms with van der Waals surface area (Å²) in [4.78, 5) is 0. The molecule has 1 aromatic carbocycles. The Labute approximate surface area is 107 Å². The maximum Gasteiger partial charge on any atom is 0.139 e. The molecule has 0 saturated heterocycles. The van der Waals surface area contributed by atoms with Crippen LogP contribution in [-0.2, 0) is 11.2 Å². The van der Waals surface area contributed by atoms with Gasteiger partial charge in [0.15, 0.2) is 0 Å². The smallest absolute Gasteiger partial charge is 0.139 e. The predicted octanol–water partition coefficient (Wildman–Crippen LogP) is 2.92. The molecule has 4 nitrogen and oxygen atoms in total. The van der Waals surface area contributed by atoms with Crippen molar-refractivity contribution in [1.29, 1.82) is 0 Å². The largest absolute Gasteiger partial charge is 0.497 e. The van der Waals surface area contributed by atoms with Crippen LogP contribution in [0.5, 0.6) is 5.75 Å². The van der Waals surface area contributed by atoms with Gasteiger partial charge in [0.25, 0.3) is 0 Å². The summed E-state index contributed by atoms with van der Waals surface area (Å²) < 4.78 is 15.8. The molecule has 0 fully saturated rings. The molecule has 1 aromatic heterocycles. The van der Waals surface area contributed by atoms with Crippen LogP contribution in [0.4, 0.5) is 0 Å². The molecule has 0 saturated carbocycles. The SMILES string of the molecule is COc1ccc(C(Cc2cc(C)no2)OC)cc1. The summed E-state index contributed by atoms with van der Waals surface area (Å²) in [6.07, 6.45) is 0.632. The lowest BCUT2D eigenvalue weighted by molar-refractivity contribution is 0.0969. The van der Waals surface area contributed by atoms with Gasteiger partial charge in [-0.25, -0.2) is 0 Å². The van der Waals surface area contributed by atoms with E-state index in [1.54, 1.807) is 14.2 Å². The Morgan fingerprint density at radius 3 is 2.44 bits per heavy atom. The summed E-state index contributed by atoms with van der Waals surface area (Å²) in [7, 11) is 3.35. The predicted molar refractivity (Wildman–Crippen MR) is 67.7 cm³/mol. The number of hydrogen-bond donors (Lipinski definition) is 0. The Bertz CT molecular complexity index is 490. The van der Waals surface area contributed by atoms with Crippen molar-refractivity contribution < 1.29 is 14.0 Å². The fourth-order valence-corrected chi connectivity index (χ4v) is 1.85. The molecule has 96 valence electrons. The van der Waals surface area contributed by atoms with Gasteiger partial charge in [0.1, 0.15) is 11.5 Å². The fraction of sp³-hybridized carbons (Fsp3) is 0.357. The minimum atomic E-state index is -0.0387. The van der Waals surface area contributed by atoms with E-state index in [1.165, 1.54) is 0 Å². The van der Waals surface area contributed by atoms with Gasteiger partial charge in [-0.2, -0.15) is 0 Å². The molecule has 4 heteroatoms. The van der Waals surface area contributed by atoms with Gasteiger partial charge in [0.2, 0.25) is 0 Å². The topological polar surface area (TPSA) is 44.5 Å². The molecule has 2 rings (SSSR count). The first-order valence-corrected chi connectivity index (χ1v) is 5.82. The number of ether oxygens (including phenoxy) is 2. The molecule has 1 heterocycles. The Kier molecular flexibility index (Phi) is 3.99. The van der Waals surface area contributed by atoms with Gasteiger partial charge in [-0.3, -0.25) is 0 Å². The molecular weight excluding hydrogens is 230 g/mol. The van der Waals surface area contributed by atoms with E-state index in [9.17, 15) is 0 Å². The second kappa shape index (κ2) is 5.69. The molecule has 0 spiro atoms. The lowest BCUT2D eigenvalue weighted by atomic mass is 10.0. The molecule has 18 heavy (non-hydrogen) atoms. The number of aromatic nitrogens is 1. The Morgan fingerprint density at radius 2 is 1.94 bits per heavy atom. The second-order valence-corrected chi connectivity index (χ2v) is 4.14. The molecule has 1 unspecified atom stereocenters. The van der Waals surface area contributed by atoms with Crippen molar-refractivity contribution in [2.75, 3.05) is 14.2 Å². The van der Waals surface area contributed by atoms with Gasteiger partial charge in [0.05, 0.1) is 18.9 Å². The van der Waals surface area contributed by atoms with Gasteiger partial charge in [-0.05, 0) is 24.6 Å². The lowest BCUT2D eigenvalue weighted by Crippen LogP contribution is -2.04. The van der Waals surface area contributed by atoms with E-state index in [0.29, 0.717) is 6.42 Å². The van der Waals surface area contributed by atoms with Crippen molar-refractivity contribution in [3.05, 3.63) is 47.3 Å². The number of hydrogen-bond acceptors (Lipinski definition) is 4. The molecule has 0 amide bonds. The van der Waals surface area contributed by atoms with E-state index in [4.69, 9.17) is 14.0 Å². The highest BCUT2D eigenvalue weighted by atomic mass is 16.5. The molecule has 0 radical (unpaired) electrons. The highest BCUT2D eigenvalue weighted by Gasteiger charge is 2.14. The highest BCUT2D eigenvalue weighted by molar-refractivity contribution is 5.29. The van der Waals surface area contributed by atoms with Crippen molar-refractivity contribution in [1.82, 2.24) is 5.16 Å². The van der Waals surface area contributed by atoms with Crippen molar-refractivity contribution in [2.24, 2.45) is 0 Å². The third kappa shape index (κ3) is 2.90. The summed E-state index contributed by atoms with van der Waals surface area (Å²) >= 11 is 0. The minimum absolute atomic E-state index is 0.0387.